The lowest BCUT2D eigenvalue weighted by Gasteiger charge is -2.29. The van der Waals surface area contributed by atoms with Gasteiger partial charge < -0.3 is 20.1 Å². The van der Waals surface area contributed by atoms with Gasteiger partial charge in [0.05, 0.1) is 11.4 Å². The summed E-state index contributed by atoms with van der Waals surface area (Å²) < 4.78 is 10.1. The van der Waals surface area contributed by atoms with Crippen molar-refractivity contribution in [2.45, 2.75) is 33.5 Å². The molecule has 23 heavy (non-hydrogen) atoms. The van der Waals surface area contributed by atoms with Crippen LogP contribution in [0, 0.1) is 5.92 Å². The number of ether oxygens (including phenoxy) is 2. The average Bonchev–Trinajstić information content (AvgIpc) is 2.44. The lowest BCUT2D eigenvalue weighted by atomic mass is 10.2. The van der Waals surface area contributed by atoms with E-state index in [0.29, 0.717) is 5.92 Å². The summed E-state index contributed by atoms with van der Waals surface area (Å²) in [7, 11) is 0. The number of carbonyl (C=O) groups is 2. The lowest BCUT2D eigenvalue weighted by Crippen LogP contribution is -2.42. The maximum atomic E-state index is 11.9. The second-order valence-electron chi connectivity index (χ2n) is 6.20. The molecule has 0 aliphatic carbocycles. The molecular formula is C17H22N2O4. The van der Waals surface area contributed by atoms with Crippen molar-refractivity contribution in [1.82, 2.24) is 0 Å². The van der Waals surface area contributed by atoms with Crippen molar-refractivity contribution < 1.29 is 19.1 Å². The number of benzene rings is 1. The van der Waals surface area contributed by atoms with Crippen LogP contribution in [0.2, 0.25) is 0 Å². The number of cyclic esters (lactones) is 2. The predicted octanol–water partition coefficient (Wildman–Crippen LogP) is 2.89. The van der Waals surface area contributed by atoms with Crippen molar-refractivity contribution in [3.63, 3.8) is 0 Å². The maximum absolute atomic E-state index is 11.9. The highest BCUT2D eigenvalue weighted by Gasteiger charge is 2.38. The smallest absolute Gasteiger partial charge is 0.350 e. The van der Waals surface area contributed by atoms with Gasteiger partial charge in [-0.15, -0.1) is 0 Å². The van der Waals surface area contributed by atoms with E-state index in [2.05, 4.69) is 24.5 Å². The predicted molar refractivity (Wildman–Crippen MR) is 87.7 cm³/mol. The van der Waals surface area contributed by atoms with E-state index in [9.17, 15) is 9.59 Å². The van der Waals surface area contributed by atoms with Gasteiger partial charge in [-0.3, -0.25) is 0 Å². The molecule has 0 unspecified atom stereocenters. The Labute approximate surface area is 135 Å². The van der Waals surface area contributed by atoms with Crippen molar-refractivity contribution in [3.8, 4) is 0 Å². The van der Waals surface area contributed by atoms with E-state index < -0.39 is 17.7 Å². The molecule has 2 rings (SSSR count). The Morgan fingerprint density at radius 1 is 1.09 bits per heavy atom. The fourth-order valence-electron chi connectivity index (χ4n) is 2.01. The van der Waals surface area contributed by atoms with Crippen molar-refractivity contribution >= 4 is 23.3 Å². The van der Waals surface area contributed by atoms with E-state index in [0.717, 1.165) is 17.9 Å². The fraction of sp³-hybridized carbons (Fsp3) is 0.412. The third-order valence-corrected chi connectivity index (χ3v) is 3.12. The SMILES string of the molecule is CC(C)CNc1ccccc1NC=C1C(=O)OC(C)(C)OC1=O. The Hall–Kier alpha value is -2.50. The Morgan fingerprint density at radius 2 is 1.65 bits per heavy atom. The van der Waals surface area contributed by atoms with Crippen molar-refractivity contribution in [3.05, 3.63) is 36.0 Å². The molecule has 1 aliphatic rings. The van der Waals surface area contributed by atoms with Gasteiger partial charge in [-0.1, -0.05) is 26.0 Å². The van der Waals surface area contributed by atoms with Gasteiger partial charge in [-0.05, 0) is 18.1 Å². The second-order valence-corrected chi connectivity index (χ2v) is 6.20. The summed E-state index contributed by atoms with van der Waals surface area (Å²) in [5.74, 6) is -2.15. The molecule has 0 saturated carbocycles. The second kappa shape index (κ2) is 6.73. The number of anilines is 2. The van der Waals surface area contributed by atoms with Gasteiger partial charge in [0, 0.05) is 26.6 Å². The molecule has 1 aliphatic heterocycles. The molecule has 2 N–H and O–H groups in total. The van der Waals surface area contributed by atoms with Crippen molar-refractivity contribution in [2.24, 2.45) is 5.92 Å². The molecule has 1 heterocycles. The molecule has 6 nitrogen and oxygen atoms in total. The first-order valence-electron chi connectivity index (χ1n) is 7.55. The molecule has 0 bridgehead atoms. The minimum Gasteiger partial charge on any atom is -0.419 e. The summed E-state index contributed by atoms with van der Waals surface area (Å²) >= 11 is 0. The maximum Gasteiger partial charge on any atom is 0.350 e. The van der Waals surface area contributed by atoms with Crippen LogP contribution >= 0.6 is 0 Å². The van der Waals surface area contributed by atoms with Crippen LogP contribution in [0.1, 0.15) is 27.7 Å². The van der Waals surface area contributed by atoms with Gasteiger partial charge in [0.1, 0.15) is 0 Å². The van der Waals surface area contributed by atoms with Gasteiger partial charge in [-0.25, -0.2) is 9.59 Å². The topological polar surface area (TPSA) is 76.7 Å². The highest BCUT2D eigenvalue weighted by molar-refractivity contribution is 6.15. The van der Waals surface area contributed by atoms with Crippen LogP contribution in [0.5, 0.6) is 0 Å². The highest BCUT2D eigenvalue weighted by Crippen LogP contribution is 2.25. The number of carbonyl (C=O) groups excluding carboxylic acids is 2. The zero-order valence-electron chi connectivity index (χ0n) is 13.8. The average molecular weight is 318 g/mol. The molecular weight excluding hydrogens is 296 g/mol. The fourth-order valence-corrected chi connectivity index (χ4v) is 2.01. The van der Waals surface area contributed by atoms with E-state index in [1.165, 1.54) is 20.0 Å². The zero-order valence-corrected chi connectivity index (χ0v) is 13.8. The molecule has 0 atom stereocenters. The summed E-state index contributed by atoms with van der Waals surface area (Å²) in [6.45, 7) is 8.06. The zero-order chi connectivity index (χ0) is 17.0. The van der Waals surface area contributed by atoms with Crippen LogP contribution in [-0.2, 0) is 19.1 Å². The molecule has 1 saturated heterocycles. The number of esters is 2. The Morgan fingerprint density at radius 3 is 2.22 bits per heavy atom. The molecule has 0 radical (unpaired) electrons. The van der Waals surface area contributed by atoms with Gasteiger partial charge in [0.2, 0.25) is 0 Å². The molecule has 6 heteroatoms. The Balaban J connectivity index is 2.14. The van der Waals surface area contributed by atoms with Crippen LogP contribution in [-0.4, -0.2) is 24.3 Å². The molecule has 1 aromatic carbocycles. The van der Waals surface area contributed by atoms with E-state index in [-0.39, 0.29) is 5.57 Å². The monoisotopic (exact) mass is 318 g/mol. The highest BCUT2D eigenvalue weighted by atomic mass is 16.7. The molecule has 1 fully saturated rings. The van der Waals surface area contributed by atoms with E-state index >= 15 is 0 Å². The third-order valence-electron chi connectivity index (χ3n) is 3.12. The van der Waals surface area contributed by atoms with Crippen LogP contribution in [0.4, 0.5) is 11.4 Å². The third kappa shape index (κ3) is 4.48. The van der Waals surface area contributed by atoms with Crippen LogP contribution in [0.15, 0.2) is 36.0 Å². The molecule has 124 valence electrons. The minimum atomic E-state index is -1.23. The quantitative estimate of drug-likeness (QED) is 0.494. The van der Waals surface area contributed by atoms with Gasteiger partial charge in [0.25, 0.3) is 5.79 Å². The lowest BCUT2D eigenvalue weighted by molar-refractivity contribution is -0.222. The summed E-state index contributed by atoms with van der Waals surface area (Å²) in [4.78, 5) is 23.8. The minimum absolute atomic E-state index is 0.164. The first-order valence-corrected chi connectivity index (χ1v) is 7.55. The standard InChI is InChI=1S/C17H22N2O4/c1-11(2)9-18-13-7-5-6-8-14(13)19-10-12-15(20)22-17(3,4)23-16(12)21/h5-8,10-11,18-19H,9H2,1-4H3. The number of rotatable bonds is 5. The molecule has 1 aromatic rings. The van der Waals surface area contributed by atoms with E-state index in [1.807, 2.05) is 24.3 Å². The van der Waals surface area contributed by atoms with E-state index in [4.69, 9.17) is 9.47 Å². The van der Waals surface area contributed by atoms with Gasteiger partial charge >= 0.3 is 11.9 Å². The molecule has 0 spiro atoms. The number of para-hydroxylation sites is 2. The normalized spacial score (nSPS) is 16.7. The van der Waals surface area contributed by atoms with Crippen LogP contribution in [0.3, 0.4) is 0 Å². The van der Waals surface area contributed by atoms with Gasteiger partial charge in [0.15, 0.2) is 5.57 Å². The van der Waals surface area contributed by atoms with Crippen molar-refractivity contribution in [2.75, 3.05) is 17.2 Å². The number of hydrogen-bond donors (Lipinski definition) is 2. The summed E-state index contributed by atoms with van der Waals surface area (Å²) in [6.07, 6.45) is 1.32. The molecule has 0 aromatic heterocycles. The van der Waals surface area contributed by atoms with E-state index in [1.54, 1.807) is 0 Å². The van der Waals surface area contributed by atoms with Crippen LogP contribution < -0.4 is 10.6 Å². The number of hydrogen-bond acceptors (Lipinski definition) is 6. The first kappa shape index (κ1) is 16.9. The van der Waals surface area contributed by atoms with Crippen LogP contribution in [0.25, 0.3) is 0 Å². The summed E-state index contributed by atoms with van der Waals surface area (Å²) in [5.41, 5.74) is 1.48. The Kier molecular flexibility index (Phi) is 4.93. The Bertz CT molecular complexity index is 613. The van der Waals surface area contributed by atoms with Crippen molar-refractivity contribution in [1.29, 1.82) is 0 Å². The molecule has 0 amide bonds. The first-order chi connectivity index (χ1) is 10.8. The summed E-state index contributed by atoms with van der Waals surface area (Å²) in [5, 5.41) is 6.28. The largest absolute Gasteiger partial charge is 0.419 e. The number of nitrogens with one attached hydrogen (secondary N) is 2. The summed E-state index contributed by atoms with van der Waals surface area (Å²) in [6, 6.07) is 7.54. The van der Waals surface area contributed by atoms with Gasteiger partial charge in [-0.2, -0.15) is 0 Å².